The summed E-state index contributed by atoms with van der Waals surface area (Å²) in [5.74, 6) is 0.329. The maximum absolute atomic E-state index is 13.4. The second kappa shape index (κ2) is 11.0. The number of hydrogen-bond acceptors (Lipinski definition) is 3. The molecule has 0 saturated carbocycles. The first-order chi connectivity index (χ1) is 16.8. The normalized spacial score (nSPS) is 15.3. The molecule has 4 rings (SSSR count). The molecule has 35 heavy (non-hydrogen) atoms. The molecule has 1 aromatic heterocycles. The third-order valence-electron chi connectivity index (χ3n) is 6.88. The van der Waals surface area contributed by atoms with Gasteiger partial charge in [0.15, 0.2) is 0 Å². The van der Waals surface area contributed by atoms with Gasteiger partial charge < -0.3 is 10.2 Å². The molecule has 0 radical (unpaired) electrons. The molecule has 2 heterocycles. The van der Waals surface area contributed by atoms with E-state index in [-0.39, 0.29) is 17.6 Å². The Morgan fingerprint density at radius 2 is 1.83 bits per heavy atom. The summed E-state index contributed by atoms with van der Waals surface area (Å²) in [6, 6.07) is 13.0. The summed E-state index contributed by atoms with van der Waals surface area (Å²) in [6.45, 7) is 10.0. The van der Waals surface area contributed by atoms with Gasteiger partial charge in [0.05, 0.1) is 21.1 Å². The molecule has 186 valence electrons. The van der Waals surface area contributed by atoms with Crippen molar-refractivity contribution in [1.82, 2.24) is 14.5 Å². The Kier molecular flexibility index (Phi) is 8.05. The van der Waals surface area contributed by atoms with E-state index in [1.807, 2.05) is 53.6 Å². The Balaban J connectivity index is 1.75. The van der Waals surface area contributed by atoms with Gasteiger partial charge in [-0.15, -0.1) is 0 Å². The van der Waals surface area contributed by atoms with Gasteiger partial charge >= 0.3 is 5.69 Å². The third-order valence-corrected chi connectivity index (χ3v) is 7.62. The van der Waals surface area contributed by atoms with Crippen molar-refractivity contribution in [2.75, 3.05) is 18.0 Å². The summed E-state index contributed by atoms with van der Waals surface area (Å²) in [7, 11) is 0. The molecular weight excluding hydrogens is 483 g/mol. The highest BCUT2D eigenvalue weighted by molar-refractivity contribution is 6.42. The number of aryl methyl sites for hydroxylation is 1. The molecule has 1 unspecified atom stereocenters. The van der Waals surface area contributed by atoms with E-state index in [2.05, 4.69) is 11.9 Å². The highest BCUT2D eigenvalue weighted by Crippen LogP contribution is 2.33. The van der Waals surface area contributed by atoms with Gasteiger partial charge in [-0.25, -0.2) is 4.79 Å². The number of rotatable bonds is 8. The van der Waals surface area contributed by atoms with E-state index in [0.717, 1.165) is 42.7 Å². The molecule has 0 aliphatic carbocycles. The van der Waals surface area contributed by atoms with Gasteiger partial charge in [-0.3, -0.25) is 13.9 Å². The van der Waals surface area contributed by atoms with Crippen molar-refractivity contribution >= 4 is 51.5 Å². The minimum atomic E-state index is -0.106. The molecule has 8 heteroatoms. The second-order valence-corrected chi connectivity index (χ2v) is 9.97. The van der Waals surface area contributed by atoms with Crippen LogP contribution in [-0.2, 0) is 11.3 Å². The number of halogens is 2. The molecule has 2 aromatic carbocycles. The van der Waals surface area contributed by atoms with Crippen LogP contribution in [0.3, 0.4) is 0 Å². The number of imidazole rings is 1. The number of carbonyl (C=O) groups is 1. The van der Waals surface area contributed by atoms with E-state index in [9.17, 15) is 9.59 Å². The predicted molar refractivity (Wildman–Crippen MR) is 145 cm³/mol. The molecule has 1 N–H and O–H groups in total. The summed E-state index contributed by atoms with van der Waals surface area (Å²) in [5, 5.41) is 4.30. The van der Waals surface area contributed by atoms with E-state index in [1.54, 1.807) is 16.7 Å². The topological polar surface area (TPSA) is 59.3 Å². The van der Waals surface area contributed by atoms with Crippen LogP contribution in [0.25, 0.3) is 16.7 Å². The van der Waals surface area contributed by atoms with E-state index in [0.29, 0.717) is 41.0 Å². The first kappa shape index (κ1) is 25.5. The van der Waals surface area contributed by atoms with Crippen LogP contribution >= 0.6 is 23.2 Å². The monoisotopic (exact) mass is 514 g/mol. The van der Waals surface area contributed by atoms with Crippen LogP contribution in [0.4, 0.5) is 5.69 Å². The van der Waals surface area contributed by atoms with Crippen LogP contribution in [0.5, 0.6) is 0 Å². The molecule has 0 spiro atoms. The number of carbonyl (C=O) groups excluding carboxylic acids is 1. The predicted octanol–water partition coefficient (Wildman–Crippen LogP) is 5.80. The van der Waals surface area contributed by atoms with E-state index < -0.39 is 0 Å². The number of piperidine rings is 1. The van der Waals surface area contributed by atoms with Gasteiger partial charge in [0.2, 0.25) is 5.91 Å². The molecule has 0 bridgehead atoms. The highest BCUT2D eigenvalue weighted by Gasteiger charge is 2.33. The fraction of sp³-hybridized carbons (Fsp3) is 0.407. The zero-order valence-electron chi connectivity index (χ0n) is 20.3. The lowest BCUT2D eigenvalue weighted by Gasteiger charge is -2.39. The molecule has 6 nitrogen and oxygen atoms in total. The Labute approximate surface area is 216 Å². The van der Waals surface area contributed by atoms with Gasteiger partial charge in [0.25, 0.3) is 0 Å². The number of fused-ring (bicyclic) bond motifs is 1. The Bertz CT molecular complexity index is 1290. The van der Waals surface area contributed by atoms with Crippen molar-refractivity contribution in [3.8, 4) is 0 Å². The number of para-hydroxylation sites is 2. The van der Waals surface area contributed by atoms with Crippen molar-refractivity contribution in [3.63, 3.8) is 0 Å². The third kappa shape index (κ3) is 5.20. The van der Waals surface area contributed by atoms with Crippen molar-refractivity contribution < 1.29 is 4.79 Å². The number of benzene rings is 2. The number of nitrogens with one attached hydrogen (secondary N) is 1. The smallest absolute Gasteiger partial charge is 0.317 e. The quantitative estimate of drug-likeness (QED) is 0.413. The summed E-state index contributed by atoms with van der Waals surface area (Å²) in [4.78, 5) is 28.6. The Hall–Kier alpha value is -2.54. The van der Waals surface area contributed by atoms with E-state index in [1.165, 1.54) is 0 Å². The minimum Gasteiger partial charge on any atom is -0.317 e. The molecule has 1 saturated heterocycles. The first-order valence-corrected chi connectivity index (χ1v) is 12.9. The fourth-order valence-electron chi connectivity index (χ4n) is 5.18. The van der Waals surface area contributed by atoms with Gasteiger partial charge in [-0.1, -0.05) is 48.8 Å². The second-order valence-electron chi connectivity index (χ2n) is 9.15. The molecular formula is C27H32Cl2N4O2. The summed E-state index contributed by atoms with van der Waals surface area (Å²) in [6.07, 6.45) is 2.93. The first-order valence-electron chi connectivity index (χ1n) is 12.2. The Morgan fingerprint density at radius 3 is 2.46 bits per heavy atom. The SMILES string of the molecule is C=C(C)n1c(=O)n(CCC(C2CCNCC2)N(C(=O)CC)c2ccc(Cl)c(Cl)c2)c2ccccc21. The number of aromatic nitrogens is 2. The van der Waals surface area contributed by atoms with Gasteiger partial charge in [-0.05, 0) is 75.5 Å². The van der Waals surface area contributed by atoms with Gasteiger partial charge in [0, 0.05) is 30.4 Å². The highest BCUT2D eigenvalue weighted by atomic mass is 35.5. The van der Waals surface area contributed by atoms with Crippen molar-refractivity contribution in [2.45, 2.75) is 52.1 Å². The number of nitrogens with zero attached hydrogens (tertiary/aromatic N) is 3. The maximum Gasteiger partial charge on any atom is 0.333 e. The van der Waals surface area contributed by atoms with Crippen LogP contribution in [0.15, 0.2) is 53.8 Å². The number of anilines is 1. The maximum atomic E-state index is 13.4. The van der Waals surface area contributed by atoms with Crippen LogP contribution in [0, 0.1) is 5.92 Å². The van der Waals surface area contributed by atoms with Crippen molar-refractivity contribution in [1.29, 1.82) is 0 Å². The molecule has 1 atom stereocenters. The molecule has 1 fully saturated rings. The number of allylic oxidation sites excluding steroid dienone is 1. The average Bonchev–Trinajstić information content (AvgIpc) is 3.15. The average molecular weight is 515 g/mol. The van der Waals surface area contributed by atoms with Gasteiger partial charge in [0.1, 0.15) is 0 Å². The van der Waals surface area contributed by atoms with Crippen LogP contribution in [0.2, 0.25) is 10.0 Å². The molecule has 1 amide bonds. The minimum absolute atomic E-state index is 0.0311. The molecule has 3 aromatic rings. The lowest BCUT2D eigenvalue weighted by Crippen LogP contribution is -2.48. The van der Waals surface area contributed by atoms with Crippen LogP contribution in [-0.4, -0.2) is 34.2 Å². The Morgan fingerprint density at radius 1 is 1.14 bits per heavy atom. The van der Waals surface area contributed by atoms with E-state index in [4.69, 9.17) is 23.2 Å². The lowest BCUT2D eigenvalue weighted by molar-refractivity contribution is -0.119. The molecule has 1 aliphatic rings. The zero-order valence-corrected chi connectivity index (χ0v) is 21.8. The summed E-state index contributed by atoms with van der Waals surface area (Å²) >= 11 is 12.5. The lowest BCUT2D eigenvalue weighted by atomic mass is 9.86. The van der Waals surface area contributed by atoms with E-state index >= 15 is 0 Å². The number of hydrogen-bond donors (Lipinski definition) is 1. The van der Waals surface area contributed by atoms with Crippen molar-refractivity contribution in [2.24, 2.45) is 5.92 Å². The van der Waals surface area contributed by atoms with Gasteiger partial charge in [-0.2, -0.15) is 0 Å². The molecule has 1 aliphatic heterocycles. The largest absolute Gasteiger partial charge is 0.333 e. The zero-order chi connectivity index (χ0) is 25.1. The fourth-order valence-corrected chi connectivity index (χ4v) is 5.48. The van der Waals surface area contributed by atoms with Crippen molar-refractivity contribution in [3.05, 3.63) is 69.6 Å². The summed E-state index contributed by atoms with van der Waals surface area (Å²) < 4.78 is 3.46. The summed E-state index contributed by atoms with van der Waals surface area (Å²) in [5.41, 5.74) is 3.03. The number of amides is 1. The standard InChI is InChI=1S/C27H32Cl2N4O2/c1-4-26(34)33(20-9-10-21(28)22(29)17-20)23(19-11-14-30-15-12-19)13-16-31-24-7-5-6-8-25(24)32(18(2)3)27(31)35/h5-10,17,19,23,30H,2,4,11-16H2,1,3H3. The van der Waals surface area contributed by atoms with Crippen LogP contribution in [0.1, 0.15) is 39.5 Å². The van der Waals surface area contributed by atoms with Crippen LogP contribution < -0.4 is 15.9 Å².